The molecule has 1 aromatic rings. The normalized spacial score (nSPS) is 22.9. The molecule has 0 aliphatic heterocycles. The van der Waals surface area contributed by atoms with E-state index < -0.39 is 5.97 Å². The molecule has 1 heterocycles. The molecule has 2 rings (SSSR count). The van der Waals surface area contributed by atoms with Gasteiger partial charge in [0.25, 0.3) is 5.91 Å². The second kappa shape index (κ2) is 5.45. The number of nitrogens with two attached hydrogens (primary N) is 1. The number of nitrogens with one attached hydrogen (secondary N) is 1. The van der Waals surface area contributed by atoms with Crippen LogP contribution in [0, 0.1) is 5.92 Å². The first-order valence-corrected chi connectivity index (χ1v) is 6.66. The molecule has 1 aliphatic carbocycles. The molecule has 1 aromatic heterocycles. The number of hydrogen-bond acceptors (Lipinski definition) is 5. The van der Waals surface area contributed by atoms with Gasteiger partial charge in [-0.1, -0.05) is 0 Å². The van der Waals surface area contributed by atoms with E-state index in [0.29, 0.717) is 31.5 Å². The fraction of sp³-hybridized carbons (Fsp3) is 0.545. The quantitative estimate of drug-likeness (QED) is 0.741. The largest absolute Gasteiger partial charge is 0.481 e. The molecule has 0 aromatic carbocycles. The van der Waals surface area contributed by atoms with Crippen LogP contribution in [0.3, 0.4) is 0 Å². The minimum Gasteiger partial charge on any atom is -0.481 e. The van der Waals surface area contributed by atoms with Gasteiger partial charge in [0, 0.05) is 18.0 Å². The average Bonchev–Trinajstić information content (AvgIpc) is 2.96. The predicted molar refractivity (Wildman–Crippen MR) is 66.2 cm³/mol. The summed E-state index contributed by atoms with van der Waals surface area (Å²) in [6.07, 6.45) is 1.82. The van der Waals surface area contributed by atoms with Crippen LogP contribution in [-0.2, 0) is 11.3 Å². The maximum absolute atomic E-state index is 11.9. The number of rotatable bonds is 4. The summed E-state index contributed by atoms with van der Waals surface area (Å²) in [4.78, 5) is 26.7. The van der Waals surface area contributed by atoms with Crippen molar-refractivity contribution in [3.05, 3.63) is 16.1 Å². The van der Waals surface area contributed by atoms with Gasteiger partial charge in [-0.25, -0.2) is 4.98 Å². The molecular formula is C11H15N3O3S. The lowest BCUT2D eigenvalue weighted by Crippen LogP contribution is -2.33. The summed E-state index contributed by atoms with van der Waals surface area (Å²) < 4.78 is 0. The van der Waals surface area contributed by atoms with E-state index in [0.717, 1.165) is 5.01 Å². The van der Waals surface area contributed by atoms with Gasteiger partial charge in [-0.15, -0.1) is 11.3 Å². The van der Waals surface area contributed by atoms with Gasteiger partial charge in [-0.05, 0) is 19.3 Å². The van der Waals surface area contributed by atoms with Gasteiger partial charge < -0.3 is 16.2 Å². The summed E-state index contributed by atoms with van der Waals surface area (Å²) in [6, 6.07) is -0.0679. The summed E-state index contributed by atoms with van der Waals surface area (Å²) in [7, 11) is 0. The highest BCUT2D eigenvalue weighted by atomic mass is 32.1. The first-order valence-electron chi connectivity index (χ1n) is 5.78. The second-order valence-electron chi connectivity index (χ2n) is 4.35. The lowest BCUT2D eigenvalue weighted by Gasteiger charge is -2.10. The zero-order valence-electron chi connectivity index (χ0n) is 9.76. The van der Waals surface area contributed by atoms with Crippen LogP contribution >= 0.6 is 11.3 Å². The molecule has 0 bridgehead atoms. The summed E-state index contributed by atoms with van der Waals surface area (Å²) in [5.41, 5.74) is 5.79. The Labute approximate surface area is 108 Å². The molecule has 98 valence electrons. The van der Waals surface area contributed by atoms with Crippen molar-refractivity contribution in [2.75, 3.05) is 0 Å². The van der Waals surface area contributed by atoms with Crippen LogP contribution in [0.15, 0.2) is 5.38 Å². The van der Waals surface area contributed by atoms with Crippen LogP contribution in [-0.4, -0.2) is 28.0 Å². The predicted octanol–water partition coefficient (Wildman–Crippen LogP) is 0.585. The first kappa shape index (κ1) is 13.0. The fourth-order valence-electron chi connectivity index (χ4n) is 2.11. The third kappa shape index (κ3) is 2.85. The van der Waals surface area contributed by atoms with Gasteiger partial charge in [0.1, 0.15) is 10.7 Å². The highest BCUT2D eigenvalue weighted by Crippen LogP contribution is 2.25. The highest BCUT2D eigenvalue weighted by Gasteiger charge is 2.30. The molecule has 1 fully saturated rings. The second-order valence-corrected chi connectivity index (χ2v) is 5.29. The van der Waals surface area contributed by atoms with Crippen LogP contribution in [0.2, 0.25) is 0 Å². The van der Waals surface area contributed by atoms with Gasteiger partial charge >= 0.3 is 5.97 Å². The van der Waals surface area contributed by atoms with Crippen molar-refractivity contribution >= 4 is 23.2 Å². The molecule has 0 unspecified atom stereocenters. The van der Waals surface area contributed by atoms with Crippen LogP contribution in [0.1, 0.15) is 34.8 Å². The third-order valence-corrected chi connectivity index (χ3v) is 3.95. The van der Waals surface area contributed by atoms with Gasteiger partial charge in [0.05, 0.1) is 5.92 Å². The van der Waals surface area contributed by atoms with Crippen molar-refractivity contribution in [3.8, 4) is 0 Å². The molecule has 0 radical (unpaired) electrons. The van der Waals surface area contributed by atoms with Crippen molar-refractivity contribution in [1.82, 2.24) is 10.3 Å². The maximum atomic E-state index is 11.9. The average molecular weight is 269 g/mol. The lowest BCUT2D eigenvalue weighted by atomic mass is 10.1. The van der Waals surface area contributed by atoms with Crippen molar-refractivity contribution in [3.63, 3.8) is 0 Å². The standard InChI is InChI=1S/C11H15N3O3S/c12-4-9-14-8(5-18-9)10(15)13-7-2-1-6(3-7)11(16)17/h5-7H,1-4,12H2,(H,13,15)(H,16,17)/t6-,7+/m1/s1. The smallest absolute Gasteiger partial charge is 0.306 e. The highest BCUT2D eigenvalue weighted by molar-refractivity contribution is 7.09. The molecule has 0 spiro atoms. The Hall–Kier alpha value is -1.47. The SMILES string of the molecule is NCc1nc(C(=O)N[C@H]2CC[C@@H](C(=O)O)C2)cs1. The number of carbonyl (C=O) groups excluding carboxylic acids is 1. The molecule has 1 amide bonds. The number of thiazole rings is 1. The molecular weight excluding hydrogens is 254 g/mol. The Morgan fingerprint density at radius 3 is 2.89 bits per heavy atom. The minimum absolute atomic E-state index is 0.0679. The van der Waals surface area contributed by atoms with Gasteiger partial charge in [-0.2, -0.15) is 0 Å². The maximum Gasteiger partial charge on any atom is 0.306 e. The van der Waals surface area contributed by atoms with E-state index in [1.807, 2.05) is 0 Å². The van der Waals surface area contributed by atoms with Crippen LogP contribution in [0.25, 0.3) is 0 Å². The van der Waals surface area contributed by atoms with Crippen LogP contribution < -0.4 is 11.1 Å². The summed E-state index contributed by atoms with van der Waals surface area (Å²) >= 11 is 1.35. The van der Waals surface area contributed by atoms with Gasteiger partial charge in [0.2, 0.25) is 0 Å². The Morgan fingerprint density at radius 1 is 1.56 bits per heavy atom. The van der Waals surface area contributed by atoms with Crippen molar-refractivity contribution in [1.29, 1.82) is 0 Å². The van der Waals surface area contributed by atoms with E-state index in [9.17, 15) is 9.59 Å². The number of carboxylic acid groups (broad SMARTS) is 1. The minimum atomic E-state index is -0.786. The summed E-state index contributed by atoms with van der Waals surface area (Å²) in [5.74, 6) is -1.38. The van der Waals surface area contributed by atoms with Crippen molar-refractivity contribution in [2.24, 2.45) is 11.7 Å². The number of nitrogens with zero attached hydrogens (tertiary/aromatic N) is 1. The van der Waals surface area contributed by atoms with Crippen molar-refractivity contribution in [2.45, 2.75) is 31.8 Å². The Bertz CT molecular complexity index is 460. The van der Waals surface area contributed by atoms with Gasteiger partial charge in [-0.3, -0.25) is 9.59 Å². The molecule has 1 saturated carbocycles. The number of amides is 1. The van der Waals surface area contributed by atoms with E-state index >= 15 is 0 Å². The molecule has 7 heteroatoms. The third-order valence-electron chi connectivity index (χ3n) is 3.08. The Morgan fingerprint density at radius 2 is 2.33 bits per heavy atom. The fourth-order valence-corrected chi connectivity index (χ4v) is 2.76. The zero-order chi connectivity index (χ0) is 13.1. The van der Waals surface area contributed by atoms with E-state index in [4.69, 9.17) is 10.8 Å². The van der Waals surface area contributed by atoms with Crippen LogP contribution in [0.5, 0.6) is 0 Å². The van der Waals surface area contributed by atoms with Crippen molar-refractivity contribution < 1.29 is 14.7 Å². The van der Waals surface area contributed by atoms with E-state index in [1.165, 1.54) is 11.3 Å². The van der Waals surface area contributed by atoms with Gasteiger partial charge in [0.15, 0.2) is 0 Å². The van der Waals surface area contributed by atoms with E-state index in [2.05, 4.69) is 10.3 Å². The number of hydrogen-bond donors (Lipinski definition) is 3. The molecule has 6 nitrogen and oxygen atoms in total. The molecule has 1 aliphatic rings. The number of carbonyl (C=O) groups is 2. The molecule has 18 heavy (non-hydrogen) atoms. The molecule has 2 atom stereocenters. The first-order chi connectivity index (χ1) is 8.60. The Kier molecular flexibility index (Phi) is 3.93. The van der Waals surface area contributed by atoms with E-state index in [-0.39, 0.29) is 17.9 Å². The van der Waals surface area contributed by atoms with E-state index in [1.54, 1.807) is 5.38 Å². The summed E-state index contributed by atoms with van der Waals surface area (Å²) in [5, 5.41) is 14.1. The molecule has 0 saturated heterocycles. The summed E-state index contributed by atoms with van der Waals surface area (Å²) in [6.45, 7) is 0.322. The Balaban J connectivity index is 1.90. The molecule has 4 N–H and O–H groups in total. The number of aliphatic carboxylic acids is 1. The van der Waals surface area contributed by atoms with Crippen LogP contribution in [0.4, 0.5) is 0 Å². The monoisotopic (exact) mass is 269 g/mol. The number of carboxylic acids is 1. The lowest BCUT2D eigenvalue weighted by molar-refractivity contribution is -0.141. The zero-order valence-corrected chi connectivity index (χ0v) is 10.6. The topological polar surface area (TPSA) is 105 Å². The number of aromatic nitrogens is 1.